The highest BCUT2D eigenvalue weighted by molar-refractivity contribution is 6.76. The number of hydrogen-bond acceptors (Lipinski definition) is 1. The monoisotopic (exact) mass is 212 g/mol. The molecular formula is C12H24OSi. The zero-order chi connectivity index (χ0) is 11.4. The Morgan fingerprint density at radius 2 is 1.86 bits per heavy atom. The molecule has 1 nitrogen and oxygen atoms in total. The van der Waals surface area contributed by atoms with E-state index in [0.717, 1.165) is 18.0 Å². The number of aliphatic hydroxyl groups is 1. The lowest BCUT2D eigenvalue weighted by Gasteiger charge is -2.27. The van der Waals surface area contributed by atoms with Crippen LogP contribution in [0, 0.1) is 0 Å². The standard InChI is InChI=1S/C12H24OSi/c1-7-8-9-11(12(2,3)13)10-14(4,5)6/h7,9,13H,1,8,10H2,2-6H3/b11-9-. The van der Waals surface area contributed by atoms with Crippen molar-refractivity contribution in [3.8, 4) is 0 Å². The third-order valence-corrected chi connectivity index (χ3v) is 3.48. The van der Waals surface area contributed by atoms with Crippen molar-refractivity contribution in [2.45, 2.75) is 51.6 Å². The summed E-state index contributed by atoms with van der Waals surface area (Å²) < 4.78 is 0. The molecule has 0 saturated carbocycles. The van der Waals surface area contributed by atoms with Crippen LogP contribution >= 0.6 is 0 Å². The van der Waals surface area contributed by atoms with Crippen LogP contribution in [-0.4, -0.2) is 18.8 Å². The highest BCUT2D eigenvalue weighted by Gasteiger charge is 2.24. The molecule has 0 aromatic carbocycles. The van der Waals surface area contributed by atoms with E-state index in [0.29, 0.717) is 0 Å². The van der Waals surface area contributed by atoms with Gasteiger partial charge in [-0.1, -0.05) is 31.8 Å². The smallest absolute Gasteiger partial charge is 0.0798 e. The van der Waals surface area contributed by atoms with Crippen LogP contribution in [0.2, 0.25) is 25.7 Å². The normalized spacial score (nSPS) is 14.3. The molecule has 0 bridgehead atoms. The first-order valence-electron chi connectivity index (χ1n) is 5.19. The third kappa shape index (κ3) is 6.16. The Kier molecular flexibility index (Phi) is 4.82. The molecule has 0 rings (SSSR count). The molecule has 0 atom stereocenters. The molecular weight excluding hydrogens is 188 g/mol. The van der Waals surface area contributed by atoms with Gasteiger partial charge in [-0.2, -0.15) is 0 Å². The Labute approximate surface area is 89.5 Å². The van der Waals surface area contributed by atoms with E-state index in [1.165, 1.54) is 0 Å². The van der Waals surface area contributed by atoms with E-state index in [1.54, 1.807) is 0 Å². The van der Waals surface area contributed by atoms with Crippen LogP contribution in [0.25, 0.3) is 0 Å². The van der Waals surface area contributed by atoms with Gasteiger partial charge in [0.1, 0.15) is 0 Å². The second kappa shape index (κ2) is 4.94. The van der Waals surface area contributed by atoms with Gasteiger partial charge in [0.2, 0.25) is 0 Å². The summed E-state index contributed by atoms with van der Waals surface area (Å²) in [7, 11) is -1.14. The van der Waals surface area contributed by atoms with Crippen molar-refractivity contribution in [1.29, 1.82) is 0 Å². The van der Waals surface area contributed by atoms with E-state index in [1.807, 2.05) is 19.9 Å². The summed E-state index contributed by atoms with van der Waals surface area (Å²) in [5, 5.41) is 9.99. The van der Waals surface area contributed by atoms with Gasteiger partial charge in [0.25, 0.3) is 0 Å². The molecule has 2 heteroatoms. The highest BCUT2D eigenvalue weighted by atomic mass is 28.3. The zero-order valence-electron chi connectivity index (χ0n) is 10.2. The predicted molar refractivity (Wildman–Crippen MR) is 67.3 cm³/mol. The Bertz CT molecular complexity index is 215. The van der Waals surface area contributed by atoms with Gasteiger partial charge in [0.15, 0.2) is 0 Å². The Hall–Kier alpha value is -0.343. The summed E-state index contributed by atoms with van der Waals surface area (Å²) in [6.07, 6.45) is 4.84. The SMILES string of the molecule is C=CC/C=C(/C[Si](C)(C)C)C(C)(C)O. The van der Waals surface area contributed by atoms with E-state index in [4.69, 9.17) is 0 Å². The van der Waals surface area contributed by atoms with Crippen molar-refractivity contribution < 1.29 is 5.11 Å². The fourth-order valence-electron chi connectivity index (χ4n) is 1.34. The van der Waals surface area contributed by atoms with Crippen molar-refractivity contribution in [3.63, 3.8) is 0 Å². The fourth-order valence-corrected chi connectivity index (χ4v) is 3.05. The van der Waals surface area contributed by atoms with E-state index >= 15 is 0 Å². The van der Waals surface area contributed by atoms with Gasteiger partial charge in [-0.25, -0.2) is 0 Å². The molecule has 0 aliphatic heterocycles. The quantitative estimate of drug-likeness (QED) is 0.545. The van der Waals surface area contributed by atoms with Crippen molar-refractivity contribution in [2.24, 2.45) is 0 Å². The van der Waals surface area contributed by atoms with Crippen LogP contribution in [0.3, 0.4) is 0 Å². The molecule has 0 fully saturated rings. The number of hydrogen-bond donors (Lipinski definition) is 1. The molecule has 0 spiro atoms. The number of allylic oxidation sites excluding steroid dienone is 2. The lowest BCUT2D eigenvalue weighted by molar-refractivity contribution is 0.119. The van der Waals surface area contributed by atoms with Crippen molar-refractivity contribution in [1.82, 2.24) is 0 Å². The topological polar surface area (TPSA) is 20.2 Å². The largest absolute Gasteiger partial charge is 0.386 e. The minimum Gasteiger partial charge on any atom is -0.386 e. The van der Waals surface area contributed by atoms with Crippen LogP contribution in [0.1, 0.15) is 20.3 Å². The van der Waals surface area contributed by atoms with Crippen LogP contribution in [0.4, 0.5) is 0 Å². The van der Waals surface area contributed by atoms with Gasteiger partial charge in [0.05, 0.1) is 5.60 Å². The molecule has 0 aromatic rings. The van der Waals surface area contributed by atoms with Crippen LogP contribution in [0.5, 0.6) is 0 Å². The van der Waals surface area contributed by atoms with Gasteiger partial charge >= 0.3 is 0 Å². The molecule has 0 amide bonds. The van der Waals surface area contributed by atoms with E-state index in [-0.39, 0.29) is 0 Å². The second-order valence-electron chi connectivity index (χ2n) is 5.55. The van der Waals surface area contributed by atoms with E-state index < -0.39 is 13.7 Å². The van der Waals surface area contributed by atoms with Gasteiger partial charge in [-0.15, -0.1) is 6.58 Å². The maximum absolute atomic E-state index is 9.99. The summed E-state index contributed by atoms with van der Waals surface area (Å²) in [4.78, 5) is 0. The maximum atomic E-state index is 9.99. The van der Waals surface area contributed by atoms with Crippen LogP contribution in [-0.2, 0) is 0 Å². The van der Waals surface area contributed by atoms with Gasteiger partial charge in [-0.3, -0.25) is 0 Å². The zero-order valence-corrected chi connectivity index (χ0v) is 11.2. The first-order chi connectivity index (χ1) is 6.17. The Morgan fingerprint density at radius 3 is 2.14 bits per heavy atom. The van der Waals surface area contributed by atoms with E-state index in [2.05, 4.69) is 32.3 Å². The highest BCUT2D eigenvalue weighted by Crippen LogP contribution is 2.26. The van der Waals surface area contributed by atoms with Gasteiger partial charge in [-0.05, 0) is 31.9 Å². The van der Waals surface area contributed by atoms with Crippen LogP contribution < -0.4 is 0 Å². The summed E-state index contributed by atoms with van der Waals surface area (Å²) in [6, 6.07) is 1.06. The average molecular weight is 212 g/mol. The molecule has 0 aliphatic carbocycles. The Morgan fingerprint density at radius 1 is 1.36 bits per heavy atom. The molecule has 0 aromatic heterocycles. The molecule has 0 radical (unpaired) electrons. The molecule has 0 saturated heterocycles. The third-order valence-electron chi connectivity index (χ3n) is 2.04. The molecule has 0 heterocycles. The first-order valence-corrected chi connectivity index (χ1v) is 8.90. The molecule has 82 valence electrons. The summed E-state index contributed by atoms with van der Waals surface area (Å²) >= 11 is 0. The van der Waals surface area contributed by atoms with E-state index in [9.17, 15) is 5.11 Å². The van der Waals surface area contributed by atoms with Crippen molar-refractivity contribution in [2.75, 3.05) is 0 Å². The molecule has 1 N–H and O–H groups in total. The minimum atomic E-state index is -1.14. The van der Waals surface area contributed by atoms with Gasteiger partial charge < -0.3 is 5.11 Å². The van der Waals surface area contributed by atoms with Crippen molar-refractivity contribution >= 4 is 8.07 Å². The predicted octanol–water partition coefficient (Wildman–Crippen LogP) is 3.60. The molecule has 0 unspecified atom stereocenters. The fraction of sp³-hybridized carbons (Fsp3) is 0.667. The maximum Gasteiger partial charge on any atom is 0.0798 e. The Balaban J connectivity index is 4.66. The first kappa shape index (κ1) is 13.7. The van der Waals surface area contributed by atoms with Gasteiger partial charge in [0, 0.05) is 8.07 Å². The molecule has 14 heavy (non-hydrogen) atoms. The lowest BCUT2D eigenvalue weighted by Crippen LogP contribution is -2.29. The number of rotatable bonds is 5. The summed E-state index contributed by atoms with van der Waals surface area (Å²) in [5.41, 5.74) is 0.486. The minimum absolute atomic E-state index is 0.677. The average Bonchev–Trinajstić information content (AvgIpc) is 1.93. The molecule has 0 aliphatic rings. The summed E-state index contributed by atoms with van der Waals surface area (Å²) in [5.74, 6) is 0. The van der Waals surface area contributed by atoms with Crippen LogP contribution in [0.15, 0.2) is 24.3 Å². The lowest BCUT2D eigenvalue weighted by atomic mass is 9.99. The second-order valence-corrected chi connectivity index (χ2v) is 11.0. The van der Waals surface area contributed by atoms with Crippen molar-refractivity contribution in [3.05, 3.63) is 24.3 Å². The summed E-state index contributed by atoms with van der Waals surface area (Å²) in [6.45, 7) is 14.4.